The molecule has 2 atom stereocenters. The summed E-state index contributed by atoms with van der Waals surface area (Å²) in [6.45, 7) is 10.2. The highest BCUT2D eigenvalue weighted by molar-refractivity contribution is 5.74. The van der Waals surface area contributed by atoms with E-state index in [2.05, 4.69) is 33.0 Å². The summed E-state index contributed by atoms with van der Waals surface area (Å²) in [5, 5.41) is 2.32. The van der Waals surface area contributed by atoms with Gasteiger partial charge in [0.25, 0.3) is 5.92 Å². The van der Waals surface area contributed by atoms with Crippen molar-refractivity contribution in [2.45, 2.75) is 47.0 Å². The van der Waals surface area contributed by atoms with Gasteiger partial charge >= 0.3 is 6.03 Å². The summed E-state index contributed by atoms with van der Waals surface area (Å²) < 4.78 is 25.5. The molecular formula is C14H26F2N2O. The summed E-state index contributed by atoms with van der Waals surface area (Å²) in [6, 6.07) is -0.369. The molecule has 1 aliphatic rings. The molecule has 1 rings (SSSR count). The Kier molecular flexibility index (Phi) is 4.80. The van der Waals surface area contributed by atoms with Crippen molar-refractivity contribution in [3.8, 4) is 0 Å². The molecule has 3 nitrogen and oxygen atoms in total. The number of likely N-dealkylation sites (tertiary alicyclic amines) is 1. The third-order valence-electron chi connectivity index (χ3n) is 3.91. The van der Waals surface area contributed by atoms with Crippen LogP contribution in [0.1, 0.15) is 41.0 Å². The molecular weight excluding hydrogens is 250 g/mol. The highest BCUT2D eigenvalue weighted by atomic mass is 19.3. The van der Waals surface area contributed by atoms with Crippen molar-refractivity contribution >= 4 is 6.03 Å². The van der Waals surface area contributed by atoms with E-state index in [9.17, 15) is 13.6 Å². The van der Waals surface area contributed by atoms with Crippen molar-refractivity contribution in [1.82, 2.24) is 10.2 Å². The number of rotatable bonds is 3. The molecule has 1 saturated heterocycles. The number of nitrogens with zero attached hydrogens (tertiary/aromatic N) is 1. The quantitative estimate of drug-likeness (QED) is 0.842. The molecule has 5 heteroatoms. The Morgan fingerprint density at radius 2 is 1.84 bits per heavy atom. The molecule has 0 radical (unpaired) electrons. The molecule has 0 aromatic carbocycles. The fourth-order valence-corrected chi connectivity index (χ4v) is 2.77. The predicted octanol–water partition coefficient (Wildman–Crippen LogP) is 3.36. The smallest absolute Gasteiger partial charge is 0.317 e. The highest BCUT2D eigenvalue weighted by Crippen LogP contribution is 2.39. The van der Waals surface area contributed by atoms with E-state index in [-0.39, 0.29) is 11.4 Å². The summed E-state index contributed by atoms with van der Waals surface area (Å²) in [7, 11) is 0. The molecule has 0 bridgehead atoms. The van der Waals surface area contributed by atoms with Crippen LogP contribution < -0.4 is 5.32 Å². The minimum absolute atomic E-state index is 0.129. The lowest BCUT2D eigenvalue weighted by molar-refractivity contribution is 0.0240. The van der Waals surface area contributed by atoms with Crippen molar-refractivity contribution in [3.63, 3.8) is 0 Å². The van der Waals surface area contributed by atoms with Crippen LogP contribution in [0.3, 0.4) is 0 Å². The molecule has 0 aromatic heterocycles. The van der Waals surface area contributed by atoms with E-state index in [1.807, 2.05) is 0 Å². The zero-order valence-corrected chi connectivity index (χ0v) is 12.6. The Morgan fingerprint density at radius 3 is 2.21 bits per heavy atom. The number of nitrogens with one attached hydrogen (secondary N) is 1. The van der Waals surface area contributed by atoms with E-state index >= 15 is 0 Å². The summed E-state index contributed by atoms with van der Waals surface area (Å²) in [5.41, 5.74) is 0.129. The van der Waals surface area contributed by atoms with Gasteiger partial charge in [0.15, 0.2) is 0 Å². The van der Waals surface area contributed by atoms with Gasteiger partial charge in [-0.25, -0.2) is 13.6 Å². The standard InChI is InChI=1S/C14H26F2N2O/c1-6-10-7-18(8-11(10)13(2,3)4)12(19)17-9-14(5,15)16/h10-11H,6-9H2,1-5H3,(H,17,19). The van der Waals surface area contributed by atoms with Crippen molar-refractivity contribution in [1.29, 1.82) is 0 Å². The van der Waals surface area contributed by atoms with E-state index in [1.54, 1.807) is 4.90 Å². The molecule has 0 aliphatic carbocycles. The van der Waals surface area contributed by atoms with Crippen LogP contribution in [0, 0.1) is 17.3 Å². The maximum Gasteiger partial charge on any atom is 0.317 e. The third kappa shape index (κ3) is 4.62. The monoisotopic (exact) mass is 276 g/mol. The first kappa shape index (κ1) is 16.2. The average Bonchev–Trinajstić information content (AvgIpc) is 2.68. The van der Waals surface area contributed by atoms with Crippen LogP contribution in [-0.4, -0.2) is 36.5 Å². The largest absolute Gasteiger partial charge is 0.332 e. The lowest BCUT2D eigenvalue weighted by Gasteiger charge is -2.30. The zero-order chi connectivity index (χ0) is 14.8. The Hall–Kier alpha value is -0.870. The first-order valence-electron chi connectivity index (χ1n) is 6.95. The average molecular weight is 276 g/mol. The van der Waals surface area contributed by atoms with Gasteiger partial charge in [-0.15, -0.1) is 0 Å². The van der Waals surface area contributed by atoms with E-state index in [0.29, 0.717) is 24.9 Å². The van der Waals surface area contributed by atoms with Gasteiger partial charge in [0, 0.05) is 20.0 Å². The van der Waals surface area contributed by atoms with Crippen molar-refractivity contribution in [3.05, 3.63) is 0 Å². The number of hydrogen-bond acceptors (Lipinski definition) is 1. The first-order valence-corrected chi connectivity index (χ1v) is 6.95. The van der Waals surface area contributed by atoms with Gasteiger partial charge in [-0.3, -0.25) is 0 Å². The minimum Gasteiger partial charge on any atom is -0.332 e. The van der Waals surface area contributed by atoms with Crippen molar-refractivity contribution in [2.24, 2.45) is 17.3 Å². The second kappa shape index (κ2) is 5.63. The number of hydrogen-bond donors (Lipinski definition) is 1. The molecule has 1 aliphatic heterocycles. The molecule has 19 heavy (non-hydrogen) atoms. The Labute approximate surface area is 114 Å². The third-order valence-corrected chi connectivity index (χ3v) is 3.91. The number of amides is 2. The lowest BCUT2D eigenvalue weighted by Crippen LogP contribution is -2.43. The molecule has 1 fully saturated rings. The molecule has 2 amide bonds. The topological polar surface area (TPSA) is 32.3 Å². The van der Waals surface area contributed by atoms with Gasteiger partial charge in [0.05, 0.1) is 6.54 Å². The fourth-order valence-electron chi connectivity index (χ4n) is 2.77. The molecule has 1 heterocycles. The van der Waals surface area contributed by atoms with E-state index in [0.717, 1.165) is 13.3 Å². The van der Waals surface area contributed by atoms with E-state index in [1.165, 1.54) is 0 Å². The summed E-state index contributed by atoms with van der Waals surface area (Å²) in [6.07, 6.45) is 1.01. The predicted molar refractivity (Wildman–Crippen MR) is 72.3 cm³/mol. The van der Waals surface area contributed by atoms with E-state index < -0.39 is 12.5 Å². The molecule has 0 spiro atoms. The summed E-state index contributed by atoms with van der Waals surface area (Å²) in [5.74, 6) is -1.98. The van der Waals surface area contributed by atoms with Crippen molar-refractivity contribution < 1.29 is 13.6 Å². The van der Waals surface area contributed by atoms with Crippen LogP contribution in [0.4, 0.5) is 13.6 Å². The Bertz CT molecular complexity index is 320. The van der Waals surface area contributed by atoms with Gasteiger partial charge in [-0.05, 0) is 17.3 Å². The van der Waals surface area contributed by atoms with Gasteiger partial charge < -0.3 is 10.2 Å². The molecule has 2 unspecified atom stereocenters. The molecule has 0 saturated carbocycles. The van der Waals surface area contributed by atoms with Gasteiger partial charge in [0.2, 0.25) is 0 Å². The highest BCUT2D eigenvalue weighted by Gasteiger charge is 2.40. The Morgan fingerprint density at radius 1 is 1.26 bits per heavy atom. The van der Waals surface area contributed by atoms with E-state index in [4.69, 9.17) is 0 Å². The zero-order valence-electron chi connectivity index (χ0n) is 12.6. The SMILES string of the molecule is CCC1CN(C(=O)NCC(C)(F)F)CC1C(C)(C)C. The summed E-state index contributed by atoms with van der Waals surface area (Å²) in [4.78, 5) is 13.6. The maximum atomic E-state index is 12.7. The molecule has 1 N–H and O–H groups in total. The van der Waals surface area contributed by atoms with Crippen LogP contribution in [0.15, 0.2) is 0 Å². The summed E-state index contributed by atoms with van der Waals surface area (Å²) >= 11 is 0. The number of halogens is 2. The number of alkyl halides is 2. The van der Waals surface area contributed by atoms with Gasteiger partial charge in [-0.1, -0.05) is 34.1 Å². The Balaban J connectivity index is 2.60. The first-order chi connectivity index (χ1) is 8.54. The van der Waals surface area contributed by atoms with Crippen LogP contribution in [0.2, 0.25) is 0 Å². The van der Waals surface area contributed by atoms with Crippen LogP contribution >= 0.6 is 0 Å². The number of carbonyl (C=O) groups is 1. The lowest BCUT2D eigenvalue weighted by atomic mass is 9.74. The van der Waals surface area contributed by atoms with Crippen LogP contribution in [-0.2, 0) is 0 Å². The second-order valence-corrected chi connectivity index (χ2v) is 6.77. The second-order valence-electron chi connectivity index (χ2n) is 6.77. The fraction of sp³-hybridized carbons (Fsp3) is 0.929. The molecule has 0 aromatic rings. The normalized spacial score (nSPS) is 24.7. The van der Waals surface area contributed by atoms with Gasteiger partial charge in [-0.2, -0.15) is 0 Å². The van der Waals surface area contributed by atoms with Gasteiger partial charge in [0.1, 0.15) is 0 Å². The molecule has 112 valence electrons. The van der Waals surface area contributed by atoms with Crippen molar-refractivity contribution in [2.75, 3.05) is 19.6 Å². The number of urea groups is 1. The van der Waals surface area contributed by atoms with Crippen LogP contribution in [0.25, 0.3) is 0 Å². The maximum absolute atomic E-state index is 12.7. The van der Waals surface area contributed by atoms with Crippen LogP contribution in [0.5, 0.6) is 0 Å². The minimum atomic E-state index is -2.86. The number of carbonyl (C=O) groups excluding carboxylic acids is 1.